The molecule has 112 valence electrons. The molecule has 1 fully saturated rings. The smallest absolute Gasteiger partial charge is 0.132 e. The molecule has 1 aliphatic rings. The minimum Gasteiger partial charge on any atom is -0.496 e. The summed E-state index contributed by atoms with van der Waals surface area (Å²) >= 11 is 1.64. The Kier molecular flexibility index (Phi) is 4.53. The minimum absolute atomic E-state index is 0.0884. The first-order chi connectivity index (χ1) is 10.3. The molecule has 5 heteroatoms. The second kappa shape index (κ2) is 6.56. The predicted molar refractivity (Wildman–Crippen MR) is 83.6 cm³/mol. The number of nitrogens with one attached hydrogen (secondary N) is 1. The number of nitrogens with zero attached hydrogens (tertiary/aromatic N) is 1. The Bertz CT molecular complexity index is 582. The Balaban J connectivity index is 2.07. The third kappa shape index (κ3) is 2.95. The largest absolute Gasteiger partial charge is 0.496 e. The summed E-state index contributed by atoms with van der Waals surface area (Å²) in [6, 6.07) is 7.03. The van der Waals surface area contributed by atoms with Gasteiger partial charge in [-0.2, -0.15) is 11.3 Å². The number of piperazine rings is 1. The topological polar surface area (TPSA) is 24.5 Å². The van der Waals surface area contributed by atoms with E-state index in [1.165, 1.54) is 6.07 Å². The number of methoxy groups -OCH3 is 1. The summed E-state index contributed by atoms with van der Waals surface area (Å²) in [5.74, 6) is 0.411. The normalized spacial score (nSPS) is 17.6. The predicted octanol–water partition coefficient (Wildman–Crippen LogP) is 2.89. The molecule has 0 bridgehead atoms. The van der Waals surface area contributed by atoms with Crippen LogP contribution in [0.25, 0.3) is 0 Å². The first kappa shape index (κ1) is 14.5. The highest BCUT2D eigenvalue weighted by Gasteiger charge is 2.29. The highest BCUT2D eigenvalue weighted by atomic mass is 32.1. The molecule has 1 aliphatic heterocycles. The standard InChI is InChI=1S/C16H19FN2OS/c1-20-14-4-2-3-13(17)15(14)16(12-5-10-21-11-12)19-8-6-18-7-9-19/h2-5,10-11,16,18H,6-9H2,1H3/t16-/m0/s1. The van der Waals surface area contributed by atoms with Gasteiger partial charge in [0.05, 0.1) is 18.7 Å². The summed E-state index contributed by atoms with van der Waals surface area (Å²) in [4.78, 5) is 2.32. The van der Waals surface area contributed by atoms with Crippen LogP contribution in [0, 0.1) is 5.82 Å². The fourth-order valence-corrected chi connectivity index (χ4v) is 3.57. The Labute approximate surface area is 128 Å². The molecule has 2 heterocycles. The molecule has 3 nitrogen and oxygen atoms in total. The molecule has 1 aromatic heterocycles. The van der Waals surface area contributed by atoms with Gasteiger partial charge in [0.25, 0.3) is 0 Å². The number of rotatable bonds is 4. The van der Waals surface area contributed by atoms with Crippen LogP contribution in [0.3, 0.4) is 0 Å². The molecule has 3 rings (SSSR count). The van der Waals surface area contributed by atoms with Gasteiger partial charge < -0.3 is 10.1 Å². The maximum Gasteiger partial charge on any atom is 0.132 e. The van der Waals surface area contributed by atoms with E-state index in [4.69, 9.17) is 4.74 Å². The number of hydrogen-bond acceptors (Lipinski definition) is 4. The zero-order valence-corrected chi connectivity index (χ0v) is 12.8. The van der Waals surface area contributed by atoms with Crippen molar-refractivity contribution in [1.82, 2.24) is 10.2 Å². The van der Waals surface area contributed by atoms with Crippen LogP contribution in [0.4, 0.5) is 4.39 Å². The molecular weight excluding hydrogens is 287 g/mol. The monoisotopic (exact) mass is 306 g/mol. The average molecular weight is 306 g/mol. The van der Waals surface area contributed by atoms with Crippen LogP contribution in [0.5, 0.6) is 5.75 Å². The van der Waals surface area contributed by atoms with Gasteiger partial charge in [-0.3, -0.25) is 4.90 Å². The Hall–Kier alpha value is -1.43. The Morgan fingerprint density at radius 1 is 1.29 bits per heavy atom. The SMILES string of the molecule is COc1cccc(F)c1[C@H](c1ccsc1)N1CCNCC1. The first-order valence-electron chi connectivity index (χ1n) is 7.10. The van der Waals surface area contributed by atoms with E-state index in [0.29, 0.717) is 11.3 Å². The lowest BCUT2D eigenvalue weighted by molar-refractivity contribution is 0.192. The van der Waals surface area contributed by atoms with Crippen LogP contribution in [0.2, 0.25) is 0 Å². The second-order valence-corrected chi connectivity index (χ2v) is 5.88. The lowest BCUT2D eigenvalue weighted by Gasteiger charge is -2.35. The van der Waals surface area contributed by atoms with E-state index in [9.17, 15) is 4.39 Å². The summed E-state index contributed by atoms with van der Waals surface area (Å²) in [5, 5.41) is 7.48. The molecule has 21 heavy (non-hydrogen) atoms. The highest BCUT2D eigenvalue weighted by Crippen LogP contribution is 2.37. The quantitative estimate of drug-likeness (QED) is 0.940. The van der Waals surface area contributed by atoms with Gasteiger partial charge in [0.1, 0.15) is 11.6 Å². The van der Waals surface area contributed by atoms with Gasteiger partial charge in [-0.05, 0) is 34.5 Å². The number of halogens is 1. The van der Waals surface area contributed by atoms with Crippen molar-refractivity contribution < 1.29 is 9.13 Å². The molecule has 0 spiro atoms. The summed E-state index contributed by atoms with van der Waals surface area (Å²) in [6.07, 6.45) is 0. The first-order valence-corrected chi connectivity index (χ1v) is 8.05. The van der Waals surface area contributed by atoms with E-state index in [-0.39, 0.29) is 11.9 Å². The lowest BCUT2D eigenvalue weighted by Crippen LogP contribution is -2.45. The summed E-state index contributed by atoms with van der Waals surface area (Å²) < 4.78 is 19.9. The number of thiophene rings is 1. The van der Waals surface area contributed by atoms with Crippen LogP contribution >= 0.6 is 11.3 Å². The summed E-state index contributed by atoms with van der Waals surface area (Å²) in [7, 11) is 1.60. The summed E-state index contributed by atoms with van der Waals surface area (Å²) in [6.45, 7) is 3.66. The van der Waals surface area contributed by atoms with Crippen molar-refractivity contribution >= 4 is 11.3 Å². The van der Waals surface area contributed by atoms with E-state index in [1.54, 1.807) is 24.5 Å². The molecule has 0 radical (unpaired) electrons. The second-order valence-electron chi connectivity index (χ2n) is 5.10. The van der Waals surface area contributed by atoms with Crippen LogP contribution in [-0.2, 0) is 0 Å². The van der Waals surface area contributed by atoms with Crippen LogP contribution in [0.15, 0.2) is 35.0 Å². The van der Waals surface area contributed by atoms with Crippen molar-refractivity contribution in [3.63, 3.8) is 0 Å². The molecule has 0 amide bonds. The van der Waals surface area contributed by atoms with Crippen LogP contribution in [0.1, 0.15) is 17.2 Å². The molecule has 0 unspecified atom stereocenters. The fourth-order valence-electron chi connectivity index (χ4n) is 2.89. The van der Waals surface area contributed by atoms with Crippen molar-refractivity contribution in [2.24, 2.45) is 0 Å². The van der Waals surface area contributed by atoms with E-state index in [0.717, 1.165) is 31.7 Å². The van der Waals surface area contributed by atoms with Gasteiger partial charge in [-0.15, -0.1) is 0 Å². The molecule has 0 saturated carbocycles. The molecule has 1 N–H and O–H groups in total. The number of hydrogen-bond donors (Lipinski definition) is 1. The Morgan fingerprint density at radius 2 is 2.10 bits per heavy atom. The van der Waals surface area contributed by atoms with E-state index in [2.05, 4.69) is 21.7 Å². The van der Waals surface area contributed by atoms with Gasteiger partial charge in [-0.1, -0.05) is 6.07 Å². The Morgan fingerprint density at radius 3 is 2.76 bits per heavy atom. The molecule has 0 aliphatic carbocycles. The van der Waals surface area contributed by atoms with E-state index >= 15 is 0 Å². The van der Waals surface area contributed by atoms with Gasteiger partial charge in [0, 0.05) is 26.2 Å². The molecule has 1 aromatic carbocycles. The van der Waals surface area contributed by atoms with Gasteiger partial charge >= 0.3 is 0 Å². The van der Waals surface area contributed by atoms with Gasteiger partial charge in [-0.25, -0.2) is 4.39 Å². The average Bonchev–Trinajstić information content (AvgIpc) is 3.04. The molecule has 2 aromatic rings. The highest BCUT2D eigenvalue weighted by molar-refractivity contribution is 7.08. The minimum atomic E-state index is -0.205. The zero-order chi connectivity index (χ0) is 14.7. The molecule has 1 saturated heterocycles. The number of benzene rings is 1. The number of ether oxygens (including phenoxy) is 1. The van der Waals surface area contributed by atoms with Crippen molar-refractivity contribution in [2.75, 3.05) is 33.3 Å². The zero-order valence-electron chi connectivity index (χ0n) is 12.0. The van der Waals surface area contributed by atoms with Crippen molar-refractivity contribution in [1.29, 1.82) is 0 Å². The van der Waals surface area contributed by atoms with Crippen molar-refractivity contribution in [2.45, 2.75) is 6.04 Å². The third-order valence-electron chi connectivity index (χ3n) is 3.88. The van der Waals surface area contributed by atoms with Gasteiger partial charge in [0.15, 0.2) is 0 Å². The van der Waals surface area contributed by atoms with E-state index < -0.39 is 0 Å². The fraction of sp³-hybridized carbons (Fsp3) is 0.375. The van der Waals surface area contributed by atoms with Crippen molar-refractivity contribution in [3.8, 4) is 5.75 Å². The maximum absolute atomic E-state index is 14.5. The van der Waals surface area contributed by atoms with Crippen LogP contribution in [-0.4, -0.2) is 38.2 Å². The van der Waals surface area contributed by atoms with Crippen LogP contribution < -0.4 is 10.1 Å². The lowest BCUT2D eigenvalue weighted by atomic mass is 9.97. The third-order valence-corrected chi connectivity index (χ3v) is 4.58. The molecule has 1 atom stereocenters. The van der Waals surface area contributed by atoms with Crippen molar-refractivity contribution in [3.05, 3.63) is 52.0 Å². The molecular formula is C16H19FN2OS. The van der Waals surface area contributed by atoms with E-state index in [1.807, 2.05) is 11.4 Å². The maximum atomic E-state index is 14.5. The van der Waals surface area contributed by atoms with Gasteiger partial charge in [0.2, 0.25) is 0 Å². The summed E-state index contributed by atoms with van der Waals surface area (Å²) in [5.41, 5.74) is 1.77.